The minimum atomic E-state index is 0.490. The molecule has 3 rings (SSSR count). The first-order valence-electron chi connectivity index (χ1n) is 7.79. The van der Waals surface area contributed by atoms with Crippen LogP contribution in [0.5, 0.6) is 11.5 Å². The Morgan fingerprint density at radius 2 is 1.76 bits per heavy atom. The standard InChI is InChI=1S/C19H20N4O2/c1-12-4-5-13(10-15(12)20)16-8-9-21-19(23-16)22-14-6-7-17(24-2)18(11-14)25-3/h4-11H,20H2,1-3H3,(H,21,22,23). The molecule has 0 radical (unpaired) electrons. The lowest BCUT2D eigenvalue weighted by atomic mass is 10.1. The van der Waals surface area contributed by atoms with Crippen LogP contribution in [0, 0.1) is 6.92 Å². The molecule has 3 aromatic rings. The number of aryl methyl sites for hydroxylation is 1. The Morgan fingerprint density at radius 3 is 2.48 bits per heavy atom. The largest absolute Gasteiger partial charge is 0.493 e. The summed E-state index contributed by atoms with van der Waals surface area (Å²) in [4.78, 5) is 8.83. The Hall–Kier alpha value is -3.28. The molecule has 128 valence electrons. The van der Waals surface area contributed by atoms with Gasteiger partial charge in [-0.1, -0.05) is 12.1 Å². The number of ether oxygens (including phenoxy) is 2. The van der Waals surface area contributed by atoms with E-state index in [4.69, 9.17) is 15.2 Å². The van der Waals surface area contributed by atoms with Gasteiger partial charge in [-0.15, -0.1) is 0 Å². The van der Waals surface area contributed by atoms with E-state index in [9.17, 15) is 0 Å². The zero-order chi connectivity index (χ0) is 17.8. The molecule has 6 heteroatoms. The molecule has 0 aliphatic rings. The highest BCUT2D eigenvalue weighted by atomic mass is 16.5. The molecule has 0 unspecified atom stereocenters. The normalized spacial score (nSPS) is 10.4. The number of nitrogens with one attached hydrogen (secondary N) is 1. The lowest BCUT2D eigenvalue weighted by Crippen LogP contribution is -1.99. The van der Waals surface area contributed by atoms with Crippen LogP contribution in [0.15, 0.2) is 48.7 Å². The Kier molecular flexibility index (Phi) is 4.70. The summed E-state index contributed by atoms with van der Waals surface area (Å²) < 4.78 is 10.6. The van der Waals surface area contributed by atoms with Crippen LogP contribution in [0.2, 0.25) is 0 Å². The first-order chi connectivity index (χ1) is 12.1. The van der Waals surface area contributed by atoms with E-state index >= 15 is 0 Å². The maximum absolute atomic E-state index is 5.99. The molecule has 3 N–H and O–H groups in total. The van der Waals surface area contributed by atoms with Crippen LogP contribution in [0.1, 0.15) is 5.56 Å². The van der Waals surface area contributed by atoms with E-state index < -0.39 is 0 Å². The summed E-state index contributed by atoms with van der Waals surface area (Å²) in [5.74, 6) is 1.79. The number of hydrogen-bond donors (Lipinski definition) is 2. The predicted molar refractivity (Wildman–Crippen MR) is 99.4 cm³/mol. The van der Waals surface area contributed by atoms with Gasteiger partial charge < -0.3 is 20.5 Å². The number of aromatic nitrogens is 2. The molecule has 25 heavy (non-hydrogen) atoms. The fraction of sp³-hybridized carbons (Fsp3) is 0.158. The summed E-state index contributed by atoms with van der Waals surface area (Å²) in [6.45, 7) is 1.98. The van der Waals surface area contributed by atoms with Gasteiger partial charge in [-0.25, -0.2) is 9.97 Å². The van der Waals surface area contributed by atoms with Gasteiger partial charge in [0.15, 0.2) is 11.5 Å². The van der Waals surface area contributed by atoms with Crippen molar-refractivity contribution in [2.75, 3.05) is 25.3 Å². The number of nitrogen functional groups attached to an aromatic ring is 1. The summed E-state index contributed by atoms with van der Waals surface area (Å²) >= 11 is 0. The Balaban J connectivity index is 1.88. The van der Waals surface area contributed by atoms with E-state index in [1.807, 2.05) is 49.4 Å². The maximum atomic E-state index is 5.99. The number of nitrogens with two attached hydrogens (primary N) is 1. The molecule has 0 aliphatic carbocycles. The molecule has 0 aliphatic heterocycles. The minimum absolute atomic E-state index is 0.490. The average molecular weight is 336 g/mol. The van der Waals surface area contributed by atoms with E-state index in [1.54, 1.807) is 20.4 Å². The van der Waals surface area contributed by atoms with Crippen LogP contribution in [0.25, 0.3) is 11.3 Å². The van der Waals surface area contributed by atoms with Crippen LogP contribution >= 0.6 is 0 Å². The molecule has 0 saturated heterocycles. The van der Waals surface area contributed by atoms with Crippen molar-refractivity contribution in [3.63, 3.8) is 0 Å². The second-order valence-electron chi connectivity index (χ2n) is 5.53. The molecular formula is C19H20N4O2. The molecule has 0 saturated carbocycles. The quantitative estimate of drug-likeness (QED) is 0.690. The smallest absolute Gasteiger partial charge is 0.227 e. The second-order valence-corrected chi connectivity index (χ2v) is 5.53. The Morgan fingerprint density at radius 1 is 0.960 bits per heavy atom. The van der Waals surface area contributed by atoms with Crippen molar-refractivity contribution in [3.8, 4) is 22.8 Å². The molecule has 0 fully saturated rings. The number of methoxy groups -OCH3 is 2. The highest BCUT2D eigenvalue weighted by molar-refractivity contribution is 5.67. The minimum Gasteiger partial charge on any atom is -0.493 e. The van der Waals surface area contributed by atoms with Gasteiger partial charge in [0.25, 0.3) is 0 Å². The molecule has 1 aromatic heterocycles. The average Bonchev–Trinajstić information content (AvgIpc) is 2.64. The first kappa shape index (κ1) is 16.6. The molecule has 0 bridgehead atoms. The number of rotatable bonds is 5. The lowest BCUT2D eigenvalue weighted by molar-refractivity contribution is 0.355. The van der Waals surface area contributed by atoms with Gasteiger partial charge >= 0.3 is 0 Å². The van der Waals surface area contributed by atoms with E-state index in [0.717, 1.165) is 28.2 Å². The molecule has 0 spiro atoms. The monoisotopic (exact) mass is 336 g/mol. The molecular weight excluding hydrogens is 316 g/mol. The van der Waals surface area contributed by atoms with E-state index in [0.29, 0.717) is 17.4 Å². The second kappa shape index (κ2) is 7.09. The van der Waals surface area contributed by atoms with Crippen molar-refractivity contribution in [2.24, 2.45) is 0 Å². The van der Waals surface area contributed by atoms with Gasteiger partial charge in [0.1, 0.15) is 0 Å². The van der Waals surface area contributed by atoms with Crippen molar-refractivity contribution in [1.82, 2.24) is 9.97 Å². The number of benzene rings is 2. The fourth-order valence-electron chi connectivity index (χ4n) is 2.42. The van der Waals surface area contributed by atoms with Crippen LogP contribution in [0.4, 0.5) is 17.3 Å². The molecule has 6 nitrogen and oxygen atoms in total. The molecule has 0 atom stereocenters. The number of hydrogen-bond acceptors (Lipinski definition) is 6. The van der Waals surface area contributed by atoms with Crippen molar-refractivity contribution >= 4 is 17.3 Å². The Labute approximate surface area is 146 Å². The lowest BCUT2D eigenvalue weighted by Gasteiger charge is -2.11. The van der Waals surface area contributed by atoms with Gasteiger partial charge in [-0.3, -0.25) is 0 Å². The summed E-state index contributed by atoms with van der Waals surface area (Å²) in [5.41, 5.74) is 10.3. The van der Waals surface area contributed by atoms with Crippen molar-refractivity contribution in [2.45, 2.75) is 6.92 Å². The van der Waals surface area contributed by atoms with Gasteiger partial charge in [-0.2, -0.15) is 0 Å². The summed E-state index contributed by atoms with van der Waals surface area (Å²) in [5, 5.41) is 3.18. The zero-order valence-electron chi connectivity index (χ0n) is 14.4. The Bertz CT molecular complexity index is 896. The van der Waals surface area contributed by atoms with Gasteiger partial charge in [0.2, 0.25) is 5.95 Å². The number of anilines is 3. The highest BCUT2D eigenvalue weighted by Crippen LogP contribution is 2.31. The molecule has 1 heterocycles. The SMILES string of the molecule is COc1ccc(Nc2nccc(-c3ccc(C)c(N)c3)n2)cc1OC. The third-order valence-corrected chi connectivity index (χ3v) is 3.87. The van der Waals surface area contributed by atoms with E-state index in [1.165, 1.54) is 0 Å². The highest BCUT2D eigenvalue weighted by Gasteiger charge is 2.07. The third-order valence-electron chi connectivity index (χ3n) is 3.87. The molecule has 2 aromatic carbocycles. The summed E-state index contributed by atoms with van der Waals surface area (Å²) in [6, 6.07) is 13.3. The maximum Gasteiger partial charge on any atom is 0.227 e. The first-order valence-corrected chi connectivity index (χ1v) is 7.79. The van der Waals surface area contributed by atoms with Gasteiger partial charge in [-0.05, 0) is 36.8 Å². The van der Waals surface area contributed by atoms with Crippen molar-refractivity contribution in [1.29, 1.82) is 0 Å². The summed E-state index contributed by atoms with van der Waals surface area (Å²) in [7, 11) is 3.20. The van der Waals surface area contributed by atoms with E-state index in [2.05, 4.69) is 15.3 Å². The van der Waals surface area contributed by atoms with Crippen LogP contribution in [-0.4, -0.2) is 24.2 Å². The topological polar surface area (TPSA) is 82.3 Å². The van der Waals surface area contributed by atoms with Gasteiger partial charge in [0.05, 0.1) is 19.9 Å². The van der Waals surface area contributed by atoms with Crippen LogP contribution < -0.4 is 20.5 Å². The predicted octanol–water partition coefficient (Wildman–Crippen LogP) is 3.80. The van der Waals surface area contributed by atoms with Crippen molar-refractivity contribution < 1.29 is 9.47 Å². The fourth-order valence-corrected chi connectivity index (χ4v) is 2.42. The van der Waals surface area contributed by atoms with Crippen LogP contribution in [-0.2, 0) is 0 Å². The third kappa shape index (κ3) is 3.63. The molecule has 0 amide bonds. The van der Waals surface area contributed by atoms with Crippen molar-refractivity contribution in [3.05, 3.63) is 54.2 Å². The van der Waals surface area contributed by atoms with E-state index in [-0.39, 0.29) is 0 Å². The summed E-state index contributed by atoms with van der Waals surface area (Å²) in [6.07, 6.45) is 1.71. The zero-order valence-corrected chi connectivity index (χ0v) is 14.4. The number of nitrogens with zero attached hydrogens (tertiary/aromatic N) is 2. The van der Waals surface area contributed by atoms with Crippen LogP contribution in [0.3, 0.4) is 0 Å². The van der Waals surface area contributed by atoms with Gasteiger partial charge in [0, 0.05) is 29.2 Å².